The molecule has 1 aliphatic carbocycles. The lowest BCUT2D eigenvalue weighted by Gasteiger charge is -2.17. The minimum absolute atomic E-state index is 0. The summed E-state index contributed by atoms with van der Waals surface area (Å²) in [4.78, 5) is 4.78. The summed E-state index contributed by atoms with van der Waals surface area (Å²) < 4.78 is 8.13. The highest BCUT2D eigenvalue weighted by Crippen LogP contribution is 2.28. The molecule has 0 bridgehead atoms. The van der Waals surface area contributed by atoms with Crippen molar-refractivity contribution in [1.29, 1.82) is 0 Å². The quantitative estimate of drug-likeness (QED) is 0.320. The Bertz CT molecular complexity index is 783. The Morgan fingerprint density at radius 1 is 1.28 bits per heavy atom. The maximum Gasteiger partial charge on any atom is 0.191 e. The average molecular weight is 511 g/mol. The number of hydrogen-bond acceptors (Lipinski definition) is 3. The smallest absolute Gasteiger partial charge is 0.191 e. The second kappa shape index (κ2) is 12.0. The zero-order valence-corrected chi connectivity index (χ0v) is 20.1. The van der Waals surface area contributed by atoms with Crippen molar-refractivity contribution in [1.82, 2.24) is 20.4 Å². The first-order valence-electron chi connectivity index (χ1n) is 10.4. The van der Waals surface area contributed by atoms with E-state index in [-0.39, 0.29) is 24.0 Å². The number of rotatable bonds is 8. The monoisotopic (exact) mass is 511 g/mol. The highest BCUT2D eigenvalue weighted by atomic mass is 127. The molecule has 0 saturated heterocycles. The first kappa shape index (κ1) is 23.5. The van der Waals surface area contributed by atoms with Gasteiger partial charge in [0.05, 0.1) is 18.8 Å². The molecule has 7 heteroatoms. The Morgan fingerprint density at radius 2 is 2.07 bits per heavy atom. The lowest BCUT2D eigenvalue weighted by Crippen LogP contribution is -2.38. The lowest BCUT2D eigenvalue weighted by molar-refractivity contribution is 0.208. The third-order valence-electron chi connectivity index (χ3n) is 5.03. The fourth-order valence-electron chi connectivity index (χ4n) is 3.52. The predicted molar refractivity (Wildman–Crippen MR) is 129 cm³/mol. The van der Waals surface area contributed by atoms with Crippen molar-refractivity contribution < 1.29 is 4.74 Å². The molecular weight excluding hydrogens is 477 g/mol. The van der Waals surface area contributed by atoms with Gasteiger partial charge >= 0.3 is 0 Å². The summed E-state index contributed by atoms with van der Waals surface area (Å²) in [6, 6.07) is 6.42. The van der Waals surface area contributed by atoms with Crippen LogP contribution in [0.25, 0.3) is 0 Å². The minimum atomic E-state index is 0. The van der Waals surface area contributed by atoms with Gasteiger partial charge in [0.15, 0.2) is 5.96 Å². The zero-order chi connectivity index (χ0) is 19.8. The Kier molecular flexibility index (Phi) is 9.76. The number of nitrogens with one attached hydrogen (secondary N) is 2. The molecule has 1 fully saturated rings. The summed E-state index contributed by atoms with van der Waals surface area (Å²) in [5.74, 6) is 1.82. The van der Waals surface area contributed by atoms with Crippen molar-refractivity contribution in [3.63, 3.8) is 0 Å². The molecule has 1 aromatic heterocycles. The second-order valence-corrected chi connectivity index (χ2v) is 7.53. The number of halogens is 1. The first-order valence-corrected chi connectivity index (χ1v) is 10.4. The molecule has 0 unspecified atom stereocenters. The van der Waals surface area contributed by atoms with E-state index in [4.69, 9.17) is 9.73 Å². The second-order valence-electron chi connectivity index (χ2n) is 7.53. The van der Waals surface area contributed by atoms with Crippen LogP contribution >= 0.6 is 24.0 Å². The van der Waals surface area contributed by atoms with E-state index in [1.54, 1.807) is 0 Å². The van der Waals surface area contributed by atoms with Crippen LogP contribution < -0.4 is 15.4 Å². The van der Waals surface area contributed by atoms with E-state index in [0.717, 1.165) is 49.6 Å². The summed E-state index contributed by atoms with van der Waals surface area (Å²) in [7, 11) is 1.94. The van der Waals surface area contributed by atoms with Crippen molar-refractivity contribution in [2.24, 2.45) is 12.0 Å². The highest BCUT2D eigenvalue weighted by molar-refractivity contribution is 14.0. The molecule has 1 heterocycles. The summed E-state index contributed by atoms with van der Waals surface area (Å²) in [6.07, 6.45) is 10.1. The van der Waals surface area contributed by atoms with Crippen molar-refractivity contribution in [2.75, 3.05) is 13.1 Å². The maximum absolute atomic E-state index is 6.30. The van der Waals surface area contributed by atoms with Crippen LogP contribution in [0.5, 0.6) is 5.75 Å². The van der Waals surface area contributed by atoms with E-state index in [1.165, 1.54) is 24.0 Å². The molecule has 29 heavy (non-hydrogen) atoms. The Hall–Kier alpha value is -1.77. The third-order valence-corrected chi connectivity index (χ3v) is 5.03. The number of aliphatic imine (C=N–C) groups is 1. The van der Waals surface area contributed by atoms with Crippen LogP contribution in [0.1, 0.15) is 49.3 Å². The molecule has 0 aliphatic heterocycles. The number of ether oxygens (including phenoxy) is 1. The van der Waals surface area contributed by atoms with Crippen LogP contribution in [0, 0.1) is 6.92 Å². The topological polar surface area (TPSA) is 63.5 Å². The van der Waals surface area contributed by atoms with Crippen molar-refractivity contribution in [2.45, 2.75) is 58.6 Å². The van der Waals surface area contributed by atoms with Crippen LogP contribution in [-0.4, -0.2) is 34.9 Å². The fraction of sp³-hybridized carbons (Fsp3) is 0.545. The van der Waals surface area contributed by atoms with E-state index in [1.807, 2.05) is 24.1 Å². The molecule has 0 spiro atoms. The summed E-state index contributed by atoms with van der Waals surface area (Å²) >= 11 is 0. The molecule has 3 rings (SSSR count). The standard InChI is InChI=1S/C22H33N5O.HI/c1-4-23-22(24-12-11-18-14-26-27(3)16-18)25-15-19-10-9-17(2)13-21(19)28-20-7-5-6-8-20;/h9-10,13-14,16,20H,4-8,11-12,15H2,1-3H3,(H2,23,24,25);1H. The minimum Gasteiger partial charge on any atom is -0.490 e. The molecule has 1 aromatic carbocycles. The number of benzene rings is 1. The van der Waals surface area contributed by atoms with Crippen molar-refractivity contribution >= 4 is 29.9 Å². The number of guanidine groups is 1. The van der Waals surface area contributed by atoms with Crippen LogP contribution in [-0.2, 0) is 20.0 Å². The van der Waals surface area contributed by atoms with Crippen molar-refractivity contribution in [3.8, 4) is 5.75 Å². The molecule has 6 nitrogen and oxygen atoms in total. The van der Waals surface area contributed by atoms with Gasteiger partial charge in [0.1, 0.15) is 5.75 Å². The molecule has 0 radical (unpaired) electrons. The van der Waals surface area contributed by atoms with Crippen LogP contribution in [0.15, 0.2) is 35.6 Å². The molecule has 2 aromatic rings. The van der Waals surface area contributed by atoms with E-state index in [2.05, 4.69) is 47.8 Å². The Labute approximate surface area is 191 Å². The van der Waals surface area contributed by atoms with E-state index in [9.17, 15) is 0 Å². The third kappa shape index (κ3) is 7.53. The normalized spacial score (nSPS) is 14.5. The van der Waals surface area contributed by atoms with Crippen LogP contribution in [0.2, 0.25) is 0 Å². The van der Waals surface area contributed by atoms with Gasteiger partial charge in [-0.1, -0.05) is 12.1 Å². The van der Waals surface area contributed by atoms with E-state index < -0.39 is 0 Å². The summed E-state index contributed by atoms with van der Waals surface area (Å²) in [5, 5.41) is 11.0. The molecule has 2 N–H and O–H groups in total. The Morgan fingerprint density at radius 3 is 2.76 bits per heavy atom. The molecule has 0 amide bonds. The SMILES string of the molecule is CCNC(=NCc1ccc(C)cc1OC1CCCC1)NCCc1cnn(C)c1.I. The van der Waals surface area contributed by atoms with Gasteiger partial charge in [-0.2, -0.15) is 5.10 Å². The van der Waals surface area contributed by atoms with E-state index in [0.29, 0.717) is 12.6 Å². The number of aryl methyl sites for hydroxylation is 2. The van der Waals surface area contributed by atoms with Gasteiger partial charge in [-0.25, -0.2) is 4.99 Å². The lowest BCUT2D eigenvalue weighted by atomic mass is 10.1. The van der Waals surface area contributed by atoms with Gasteiger partial charge in [-0.3, -0.25) is 4.68 Å². The van der Waals surface area contributed by atoms with Gasteiger partial charge in [0.25, 0.3) is 0 Å². The first-order chi connectivity index (χ1) is 13.6. The number of hydrogen-bond donors (Lipinski definition) is 2. The molecule has 0 atom stereocenters. The molecule has 160 valence electrons. The molecule has 1 saturated carbocycles. The fourth-order valence-corrected chi connectivity index (χ4v) is 3.52. The summed E-state index contributed by atoms with van der Waals surface area (Å²) in [6.45, 7) is 6.44. The van der Waals surface area contributed by atoms with Gasteiger partial charge in [0.2, 0.25) is 0 Å². The average Bonchev–Trinajstić information content (AvgIpc) is 3.32. The van der Waals surface area contributed by atoms with Crippen LogP contribution in [0.3, 0.4) is 0 Å². The number of aromatic nitrogens is 2. The number of nitrogens with zero attached hydrogens (tertiary/aromatic N) is 3. The van der Waals surface area contributed by atoms with Crippen molar-refractivity contribution in [3.05, 3.63) is 47.3 Å². The van der Waals surface area contributed by atoms with Gasteiger partial charge in [0, 0.05) is 31.9 Å². The van der Waals surface area contributed by atoms with Gasteiger partial charge in [-0.05, 0) is 63.1 Å². The highest BCUT2D eigenvalue weighted by Gasteiger charge is 2.18. The van der Waals surface area contributed by atoms with Gasteiger partial charge < -0.3 is 15.4 Å². The van der Waals surface area contributed by atoms with E-state index >= 15 is 0 Å². The Balaban J connectivity index is 0.00000300. The zero-order valence-electron chi connectivity index (χ0n) is 17.8. The summed E-state index contributed by atoms with van der Waals surface area (Å²) in [5.41, 5.74) is 3.58. The molecular formula is C22H34IN5O. The predicted octanol–water partition coefficient (Wildman–Crippen LogP) is 3.97. The van der Waals surface area contributed by atoms with Crippen LogP contribution in [0.4, 0.5) is 0 Å². The van der Waals surface area contributed by atoms with Gasteiger partial charge in [-0.15, -0.1) is 24.0 Å². The molecule has 1 aliphatic rings. The maximum atomic E-state index is 6.30. The largest absolute Gasteiger partial charge is 0.490 e.